The zero-order valence-corrected chi connectivity index (χ0v) is 15.0. The van der Waals surface area contributed by atoms with E-state index in [1.807, 2.05) is 19.1 Å². The van der Waals surface area contributed by atoms with Gasteiger partial charge in [-0.05, 0) is 42.8 Å². The predicted molar refractivity (Wildman–Crippen MR) is 98.6 cm³/mol. The lowest BCUT2D eigenvalue weighted by atomic mass is 10.1. The van der Waals surface area contributed by atoms with Crippen LogP contribution < -0.4 is 0 Å². The molecule has 1 N–H and O–H groups in total. The van der Waals surface area contributed by atoms with Gasteiger partial charge >= 0.3 is 0 Å². The van der Waals surface area contributed by atoms with Gasteiger partial charge in [0, 0.05) is 42.1 Å². The van der Waals surface area contributed by atoms with Gasteiger partial charge in [0.25, 0.3) is 11.8 Å². The summed E-state index contributed by atoms with van der Waals surface area (Å²) >= 11 is 6.06. The Hall–Kier alpha value is -2.73. The van der Waals surface area contributed by atoms with E-state index in [0.29, 0.717) is 42.7 Å². The largest absolute Gasteiger partial charge is 0.459 e. The summed E-state index contributed by atoms with van der Waals surface area (Å²) in [7, 11) is 0. The van der Waals surface area contributed by atoms with Crippen molar-refractivity contribution in [2.24, 2.45) is 0 Å². The Bertz CT molecular complexity index is 969. The average Bonchev–Trinajstić information content (AvgIpc) is 3.30. The Morgan fingerprint density at radius 2 is 1.77 bits per heavy atom. The van der Waals surface area contributed by atoms with Gasteiger partial charge in [0.1, 0.15) is 5.69 Å². The van der Waals surface area contributed by atoms with E-state index in [1.165, 1.54) is 6.26 Å². The van der Waals surface area contributed by atoms with Crippen molar-refractivity contribution in [3.05, 3.63) is 58.6 Å². The van der Waals surface area contributed by atoms with Gasteiger partial charge in [0.2, 0.25) is 0 Å². The second-order valence-corrected chi connectivity index (χ2v) is 6.81. The number of benzene rings is 1. The maximum atomic E-state index is 12.9. The summed E-state index contributed by atoms with van der Waals surface area (Å²) in [6.07, 6.45) is 1.48. The van der Waals surface area contributed by atoms with E-state index in [2.05, 4.69) is 4.98 Å². The van der Waals surface area contributed by atoms with Gasteiger partial charge in [0.15, 0.2) is 5.76 Å². The van der Waals surface area contributed by atoms with Crippen LogP contribution in [0, 0.1) is 6.92 Å². The summed E-state index contributed by atoms with van der Waals surface area (Å²) in [5.41, 5.74) is 2.36. The van der Waals surface area contributed by atoms with E-state index < -0.39 is 0 Å². The Morgan fingerprint density at radius 3 is 2.42 bits per heavy atom. The molecule has 2 amide bonds. The topological polar surface area (TPSA) is 69.6 Å². The molecule has 3 aromatic rings. The predicted octanol–water partition coefficient (Wildman–Crippen LogP) is 3.32. The van der Waals surface area contributed by atoms with Crippen molar-refractivity contribution in [1.29, 1.82) is 0 Å². The third-order valence-corrected chi connectivity index (χ3v) is 5.06. The van der Waals surface area contributed by atoms with Crippen LogP contribution in [0.4, 0.5) is 0 Å². The first-order chi connectivity index (χ1) is 12.5. The molecule has 1 aliphatic rings. The van der Waals surface area contributed by atoms with Crippen LogP contribution in [0.1, 0.15) is 26.6 Å². The SMILES string of the molecule is Cc1c(C(=O)N2CCN(C(=O)c3ccco3)CC2)[nH]c2ccc(Cl)cc12. The number of nitrogens with one attached hydrogen (secondary N) is 1. The number of furan rings is 1. The van der Waals surface area contributed by atoms with Crippen molar-refractivity contribution in [1.82, 2.24) is 14.8 Å². The third kappa shape index (κ3) is 2.86. The van der Waals surface area contributed by atoms with Crippen molar-refractivity contribution in [2.75, 3.05) is 26.2 Å². The van der Waals surface area contributed by atoms with E-state index in [0.717, 1.165) is 16.5 Å². The van der Waals surface area contributed by atoms with Crippen molar-refractivity contribution >= 4 is 34.3 Å². The number of carbonyl (C=O) groups is 2. The van der Waals surface area contributed by atoms with Crippen LogP contribution in [0.5, 0.6) is 0 Å². The zero-order chi connectivity index (χ0) is 18.3. The van der Waals surface area contributed by atoms with E-state index >= 15 is 0 Å². The first kappa shape index (κ1) is 16.7. The molecule has 0 atom stereocenters. The number of nitrogens with zero attached hydrogens (tertiary/aromatic N) is 2. The van der Waals surface area contributed by atoms with Gasteiger partial charge in [-0.15, -0.1) is 0 Å². The maximum absolute atomic E-state index is 12.9. The lowest BCUT2D eigenvalue weighted by Crippen LogP contribution is -2.50. The van der Waals surface area contributed by atoms with Crippen LogP contribution in [0.3, 0.4) is 0 Å². The maximum Gasteiger partial charge on any atom is 0.289 e. The molecule has 6 nitrogen and oxygen atoms in total. The van der Waals surface area contributed by atoms with Crippen molar-refractivity contribution in [2.45, 2.75) is 6.92 Å². The molecule has 7 heteroatoms. The molecular weight excluding hydrogens is 354 g/mol. The number of hydrogen-bond acceptors (Lipinski definition) is 3. The lowest BCUT2D eigenvalue weighted by Gasteiger charge is -2.34. The molecule has 1 aliphatic heterocycles. The second-order valence-electron chi connectivity index (χ2n) is 6.38. The number of aromatic nitrogens is 1. The fourth-order valence-electron chi connectivity index (χ4n) is 3.34. The highest BCUT2D eigenvalue weighted by molar-refractivity contribution is 6.31. The number of aromatic amines is 1. The highest BCUT2D eigenvalue weighted by atomic mass is 35.5. The van der Waals surface area contributed by atoms with Crippen molar-refractivity contribution in [3.8, 4) is 0 Å². The summed E-state index contributed by atoms with van der Waals surface area (Å²) in [6.45, 7) is 3.85. The summed E-state index contributed by atoms with van der Waals surface area (Å²) in [4.78, 5) is 31.9. The van der Waals surface area contributed by atoms with Gasteiger partial charge in [-0.3, -0.25) is 9.59 Å². The monoisotopic (exact) mass is 371 g/mol. The number of carbonyl (C=O) groups excluding carboxylic acids is 2. The highest BCUT2D eigenvalue weighted by Gasteiger charge is 2.28. The number of amides is 2. The van der Waals surface area contributed by atoms with E-state index in [9.17, 15) is 9.59 Å². The van der Waals surface area contributed by atoms with Crippen LogP contribution in [-0.2, 0) is 0 Å². The fourth-order valence-corrected chi connectivity index (χ4v) is 3.51. The second kappa shape index (κ2) is 6.53. The van der Waals surface area contributed by atoms with Crippen molar-refractivity contribution in [3.63, 3.8) is 0 Å². The Morgan fingerprint density at radius 1 is 1.08 bits per heavy atom. The molecule has 0 aliphatic carbocycles. The van der Waals surface area contributed by atoms with E-state index in [4.69, 9.17) is 16.0 Å². The number of fused-ring (bicyclic) bond motifs is 1. The molecule has 0 spiro atoms. The van der Waals surface area contributed by atoms with Crippen LogP contribution in [0.25, 0.3) is 10.9 Å². The van der Waals surface area contributed by atoms with Gasteiger partial charge < -0.3 is 19.2 Å². The minimum Gasteiger partial charge on any atom is -0.459 e. The van der Waals surface area contributed by atoms with Crippen LogP contribution in [-0.4, -0.2) is 52.8 Å². The zero-order valence-electron chi connectivity index (χ0n) is 14.3. The van der Waals surface area contributed by atoms with Gasteiger partial charge in [-0.2, -0.15) is 0 Å². The standard InChI is InChI=1S/C19H18ClN3O3/c1-12-14-11-13(20)4-5-15(14)21-17(12)19(25)23-8-6-22(7-9-23)18(24)16-3-2-10-26-16/h2-5,10-11,21H,6-9H2,1H3. The average molecular weight is 372 g/mol. The van der Waals surface area contributed by atoms with E-state index in [-0.39, 0.29) is 11.8 Å². The molecule has 0 unspecified atom stereocenters. The molecule has 0 saturated carbocycles. The van der Waals surface area contributed by atoms with Crippen LogP contribution >= 0.6 is 11.6 Å². The molecule has 3 heterocycles. The quantitative estimate of drug-likeness (QED) is 0.751. The normalized spacial score (nSPS) is 14.8. The summed E-state index contributed by atoms with van der Waals surface area (Å²) in [5.74, 6) is 0.131. The fraction of sp³-hybridized carbons (Fsp3) is 0.263. The van der Waals surface area contributed by atoms with E-state index in [1.54, 1.807) is 28.0 Å². The molecule has 4 rings (SSSR count). The highest BCUT2D eigenvalue weighted by Crippen LogP contribution is 2.26. The minimum atomic E-state index is -0.140. The summed E-state index contributed by atoms with van der Waals surface area (Å²) < 4.78 is 5.16. The Balaban J connectivity index is 1.49. The molecule has 26 heavy (non-hydrogen) atoms. The molecule has 0 radical (unpaired) electrons. The first-order valence-electron chi connectivity index (χ1n) is 8.44. The third-order valence-electron chi connectivity index (χ3n) is 4.82. The molecule has 2 aromatic heterocycles. The van der Waals surface area contributed by atoms with Crippen LogP contribution in [0.2, 0.25) is 5.02 Å². The van der Waals surface area contributed by atoms with Gasteiger partial charge in [0.05, 0.1) is 6.26 Å². The minimum absolute atomic E-state index is 0.0556. The van der Waals surface area contributed by atoms with Gasteiger partial charge in [-0.1, -0.05) is 11.6 Å². The molecule has 1 aromatic carbocycles. The summed E-state index contributed by atoms with van der Waals surface area (Å²) in [5, 5.41) is 1.59. The molecule has 1 saturated heterocycles. The number of hydrogen-bond donors (Lipinski definition) is 1. The van der Waals surface area contributed by atoms with Gasteiger partial charge in [-0.25, -0.2) is 0 Å². The number of rotatable bonds is 2. The van der Waals surface area contributed by atoms with Crippen molar-refractivity contribution < 1.29 is 14.0 Å². The number of piperazine rings is 1. The number of H-pyrrole nitrogens is 1. The lowest BCUT2D eigenvalue weighted by molar-refractivity contribution is 0.0515. The molecule has 0 bridgehead atoms. The molecular formula is C19H18ClN3O3. The molecule has 1 fully saturated rings. The molecule has 134 valence electrons. The van der Waals surface area contributed by atoms with Crippen LogP contribution in [0.15, 0.2) is 41.0 Å². The summed E-state index contributed by atoms with van der Waals surface area (Å²) in [6, 6.07) is 8.88. The smallest absolute Gasteiger partial charge is 0.289 e. The Kier molecular flexibility index (Phi) is 4.20. The Labute approximate surface area is 155 Å². The first-order valence-corrected chi connectivity index (χ1v) is 8.82. The number of halogens is 1. The number of aryl methyl sites for hydroxylation is 1.